The van der Waals surface area contributed by atoms with Gasteiger partial charge in [-0.1, -0.05) is 47.5 Å². The molecule has 0 saturated heterocycles. The van der Waals surface area contributed by atoms with E-state index in [0.717, 1.165) is 5.69 Å². The zero-order valence-electron chi connectivity index (χ0n) is 10.2. The van der Waals surface area contributed by atoms with Gasteiger partial charge in [0.25, 0.3) is 5.91 Å². The number of nitrogens with zero attached hydrogens (tertiary/aromatic N) is 1. The number of carbonyl (C=O) groups excluding carboxylic acids is 1. The molecule has 0 radical (unpaired) electrons. The number of nitrogens with one attached hydrogen (secondary N) is 1. The number of rotatable bonds is 3. The first-order valence-electron chi connectivity index (χ1n) is 5.63. The van der Waals surface area contributed by atoms with Gasteiger partial charge in [0.15, 0.2) is 0 Å². The van der Waals surface area contributed by atoms with Gasteiger partial charge in [0.1, 0.15) is 0 Å². The lowest BCUT2D eigenvalue weighted by atomic mass is 10.2. The second kappa shape index (κ2) is 5.95. The van der Waals surface area contributed by atoms with Crippen molar-refractivity contribution in [3.05, 3.63) is 64.1 Å². The van der Waals surface area contributed by atoms with E-state index in [2.05, 4.69) is 5.43 Å². The summed E-state index contributed by atoms with van der Waals surface area (Å²) in [4.78, 5) is 12.1. The molecule has 2 rings (SSSR count). The summed E-state index contributed by atoms with van der Waals surface area (Å²) < 4.78 is 0. The van der Waals surface area contributed by atoms with Gasteiger partial charge in [-0.05, 0) is 24.3 Å². The van der Waals surface area contributed by atoms with Crippen molar-refractivity contribution < 1.29 is 4.79 Å². The van der Waals surface area contributed by atoms with Crippen LogP contribution in [0.25, 0.3) is 0 Å². The Bertz CT molecular complexity index is 587. The molecule has 0 aromatic heterocycles. The van der Waals surface area contributed by atoms with Crippen LogP contribution in [0.3, 0.4) is 0 Å². The van der Waals surface area contributed by atoms with Gasteiger partial charge >= 0.3 is 0 Å². The van der Waals surface area contributed by atoms with Gasteiger partial charge < -0.3 is 0 Å². The number of hydrazine groups is 1. The Balaban J connectivity index is 2.16. The number of anilines is 1. The predicted octanol–water partition coefficient (Wildman–Crippen LogP) is 3.77. The van der Waals surface area contributed by atoms with Gasteiger partial charge in [0.2, 0.25) is 0 Å². The molecule has 0 atom stereocenters. The van der Waals surface area contributed by atoms with Crippen LogP contribution in [0.15, 0.2) is 48.5 Å². The highest BCUT2D eigenvalue weighted by Gasteiger charge is 2.14. The van der Waals surface area contributed by atoms with Crippen molar-refractivity contribution in [1.82, 2.24) is 5.43 Å². The molecule has 0 saturated carbocycles. The molecule has 0 spiro atoms. The molecule has 1 N–H and O–H groups in total. The fourth-order valence-corrected chi connectivity index (χ4v) is 1.99. The summed E-state index contributed by atoms with van der Waals surface area (Å²) in [6.45, 7) is 0. The number of hydrogen-bond acceptors (Lipinski definition) is 2. The summed E-state index contributed by atoms with van der Waals surface area (Å²) >= 11 is 11.9. The predicted molar refractivity (Wildman–Crippen MR) is 78.8 cm³/mol. The summed E-state index contributed by atoms with van der Waals surface area (Å²) in [7, 11) is 1.76. The van der Waals surface area contributed by atoms with Gasteiger partial charge in [-0.15, -0.1) is 0 Å². The molecular weight excluding hydrogens is 283 g/mol. The van der Waals surface area contributed by atoms with Crippen molar-refractivity contribution in [2.75, 3.05) is 12.1 Å². The van der Waals surface area contributed by atoms with Crippen LogP contribution in [0.1, 0.15) is 10.4 Å². The van der Waals surface area contributed by atoms with Crippen molar-refractivity contribution in [3.8, 4) is 0 Å². The molecule has 19 heavy (non-hydrogen) atoms. The number of para-hydroxylation sites is 1. The Kier molecular flexibility index (Phi) is 4.30. The number of hydrogen-bond donors (Lipinski definition) is 1. The van der Waals surface area contributed by atoms with E-state index < -0.39 is 0 Å². The minimum absolute atomic E-state index is 0.253. The molecular formula is C14H12Cl2N2O. The molecule has 0 unspecified atom stereocenters. The standard InChI is InChI=1S/C14H12Cl2N2O/c1-18(10-6-3-2-4-7-10)17-14(19)11-8-5-9-12(15)13(11)16/h2-9H,1H3,(H,17,19). The Labute approximate surface area is 121 Å². The molecule has 3 nitrogen and oxygen atoms in total. The van der Waals surface area contributed by atoms with Crippen LogP contribution in [0, 0.1) is 0 Å². The molecule has 0 fully saturated rings. The molecule has 1 amide bonds. The Morgan fingerprint density at radius 3 is 2.42 bits per heavy atom. The van der Waals surface area contributed by atoms with E-state index in [0.29, 0.717) is 10.6 Å². The largest absolute Gasteiger partial charge is 0.288 e. The average Bonchev–Trinajstić information content (AvgIpc) is 2.42. The van der Waals surface area contributed by atoms with Crippen LogP contribution in [0.4, 0.5) is 5.69 Å². The minimum atomic E-state index is -0.307. The van der Waals surface area contributed by atoms with Gasteiger partial charge in [0, 0.05) is 7.05 Å². The van der Waals surface area contributed by atoms with E-state index in [1.807, 2.05) is 30.3 Å². The van der Waals surface area contributed by atoms with Gasteiger partial charge in [0.05, 0.1) is 21.3 Å². The fraction of sp³-hybridized carbons (Fsp3) is 0.0714. The molecule has 98 valence electrons. The number of carbonyl (C=O) groups is 1. The summed E-state index contributed by atoms with van der Waals surface area (Å²) in [5, 5.41) is 2.24. The van der Waals surface area contributed by atoms with Gasteiger partial charge in [-0.3, -0.25) is 15.2 Å². The Morgan fingerprint density at radius 2 is 1.74 bits per heavy atom. The number of amides is 1. The van der Waals surface area contributed by atoms with Crippen LogP contribution in [0.5, 0.6) is 0 Å². The van der Waals surface area contributed by atoms with Gasteiger partial charge in [-0.25, -0.2) is 0 Å². The van der Waals surface area contributed by atoms with E-state index in [4.69, 9.17) is 23.2 Å². The van der Waals surface area contributed by atoms with E-state index >= 15 is 0 Å². The molecule has 0 heterocycles. The maximum Gasteiger partial charge on any atom is 0.271 e. The maximum absolute atomic E-state index is 12.1. The normalized spacial score (nSPS) is 10.1. The van der Waals surface area contributed by atoms with E-state index in [1.54, 1.807) is 30.3 Å². The van der Waals surface area contributed by atoms with E-state index in [9.17, 15) is 4.79 Å². The van der Waals surface area contributed by atoms with Crippen LogP contribution in [0.2, 0.25) is 10.0 Å². The van der Waals surface area contributed by atoms with Crippen molar-refractivity contribution in [2.24, 2.45) is 0 Å². The monoisotopic (exact) mass is 294 g/mol. The summed E-state index contributed by atoms with van der Waals surface area (Å²) in [6, 6.07) is 14.4. The molecule has 5 heteroatoms. The molecule has 0 aliphatic heterocycles. The number of halogens is 2. The summed E-state index contributed by atoms with van der Waals surface area (Å²) in [5.74, 6) is -0.307. The van der Waals surface area contributed by atoms with Crippen LogP contribution in [-0.4, -0.2) is 13.0 Å². The molecule has 2 aromatic rings. The quantitative estimate of drug-likeness (QED) is 0.874. The minimum Gasteiger partial charge on any atom is -0.288 e. The van der Waals surface area contributed by atoms with Crippen molar-refractivity contribution in [2.45, 2.75) is 0 Å². The van der Waals surface area contributed by atoms with Crippen molar-refractivity contribution >= 4 is 34.8 Å². The molecule has 0 bridgehead atoms. The highest BCUT2D eigenvalue weighted by molar-refractivity contribution is 6.43. The zero-order valence-corrected chi connectivity index (χ0v) is 11.7. The summed E-state index contributed by atoms with van der Waals surface area (Å²) in [6.07, 6.45) is 0. The van der Waals surface area contributed by atoms with E-state index in [1.165, 1.54) is 0 Å². The number of benzene rings is 2. The topological polar surface area (TPSA) is 32.3 Å². The van der Waals surface area contributed by atoms with Crippen molar-refractivity contribution in [1.29, 1.82) is 0 Å². The van der Waals surface area contributed by atoms with Crippen molar-refractivity contribution in [3.63, 3.8) is 0 Å². The highest BCUT2D eigenvalue weighted by Crippen LogP contribution is 2.25. The Morgan fingerprint density at radius 1 is 1.05 bits per heavy atom. The second-order valence-corrected chi connectivity index (χ2v) is 4.72. The Hall–Kier alpha value is -1.71. The summed E-state index contributed by atoms with van der Waals surface area (Å²) in [5.41, 5.74) is 3.95. The zero-order chi connectivity index (χ0) is 13.8. The third-order valence-electron chi connectivity index (χ3n) is 2.61. The third kappa shape index (κ3) is 3.19. The lowest BCUT2D eigenvalue weighted by Gasteiger charge is -2.20. The molecule has 2 aromatic carbocycles. The lowest BCUT2D eigenvalue weighted by Crippen LogP contribution is -2.39. The fourth-order valence-electron chi connectivity index (χ4n) is 1.61. The highest BCUT2D eigenvalue weighted by atomic mass is 35.5. The van der Waals surface area contributed by atoms with Crippen LogP contribution >= 0.6 is 23.2 Å². The lowest BCUT2D eigenvalue weighted by molar-refractivity contribution is 0.0951. The van der Waals surface area contributed by atoms with Gasteiger partial charge in [-0.2, -0.15) is 0 Å². The second-order valence-electron chi connectivity index (χ2n) is 3.94. The first kappa shape index (κ1) is 13.7. The maximum atomic E-state index is 12.1. The SMILES string of the molecule is CN(NC(=O)c1cccc(Cl)c1Cl)c1ccccc1. The van der Waals surface area contributed by atoms with Crippen LogP contribution in [-0.2, 0) is 0 Å². The molecule has 0 aliphatic rings. The first-order chi connectivity index (χ1) is 9.09. The smallest absolute Gasteiger partial charge is 0.271 e. The average molecular weight is 295 g/mol. The van der Waals surface area contributed by atoms with E-state index in [-0.39, 0.29) is 10.9 Å². The first-order valence-corrected chi connectivity index (χ1v) is 6.39. The third-order valence-corrected chi connectivity index (χ3v) is 3.43. The van der Waals surface area contributed by atoms with Crippen LogP contribution < -0.4 is 10.4 Å². The molecule has 0 aliphatic carbocycles.